The van der Waals surface area contributed by atoms with E-state index in [9.17, 15) is 4.79 Å². The number of rotatable bonds is 4. The lowest BCUT2D eigenvalue weighted by atomic mass is 10.2. The van der Waals surface area contributed by atoms with Crippen molar-refractivity contribution in [2.75, 3.05) is 6.54 Å². The average Bonchev–Trinajstić information content (AvgIpc) is 2.75. The summed E-state index contributed by atoms with van der Waals surface area (Å²) in [6.45, 7) is 2.52. The number of fused-ring (bicyclic) bond motifs is 1. The Morgan fingerprint density at radius 2 is 2.41 bits per heavy atom. The normalized spacial score (nSPS) is 12.6. The SMILES string of the molecule is CC(N)CCNC(=O)c1ccc2nccn2c1. The molecule has 5 heteroatoms. The van der Waals surface area contributed by atoms with Gasteiger partial charge in [0.15, 0.2) is 0 Å². The van der Waals surface area contributed by atoms with E-state index in [1.54, 1.807) is 18.5 Å². The van der Waals surface area contributed by atoms with E-state index in [4.69, 9.17) is 5.73 Å². The van der Waals surface area contributed by atoms with E-state index >= 15 is 0 Å². The minimum atomic E-state index is -0.0822. The smallest absolute Gasteiger partial charge is 0.252 e. The van der Waals surface area contributed by atoms with Crippen LogP contribution in [0.5, 0.6) is 0 Å². The zero-order valence-corrected chi connectivity index (χ0v) is 9.76. The van der Waals surface area contributed by atoms with Gasteiger partial charge in [-0.05, 0) is 25.5 Å². The number of carbonyl (C=O) groups is 1. The number of amides is 1. The molecule has 90 valence electrons. The van der Waals surface area contributed by atoms with Gasteiger partial charge < -0.3 is 15.5 Å². The maximum atomic E-state index is 11.8. The fraction of sp³-hybridized carbons (Fsp3) is 0.333. The Hall–Kier alpha value is -1.88. The first-order chi connectivity index (χ1) is 8.16. The molecule has 2 heterocycles. The van der Waals surface area contributed by atoms with Crippen molar-refractivity contribution in [2.45, 2.75) is 19.4 Å². The fourth-order valence-corrected chi connectivity index (χ4v) is 1.57. The van der Waals surface area contributed by atoms with Crippen LogP contribution in [-0.4, -0.2) is 27.9 Å². The Labute approximate surface area is 99.6 Å². The van der Waals surface area contributed by atoms with Crippen LogP contribution in [0.3, 0.4) is 0 Å². The van der Waals surface area contributed by atoms with E-state index in [2.05, 4.69) is 10.3 Å². The van der Waals surface area contributed by atoms with Gasteiger partial charge in [0.2, 0.25) is 0 Å². The lowest BCUT2D eigenvalue weighted by Crippen LogP contribution is -2.29. The third-order valence-corrected chi connectivity index (χ3v) is 2.54. The van der Waals surface area contributed by atoms with Crippen LogP contribution in [0.15, 0.2) is 30.7 Å². The first kappa shape index (κ1) is 11.6. The molecule has 2 aromatic rings. The van der Waals surface area contributed by atoms with Crippen LogP contribution in [0, 0.1) is 0 Å². The fourth-order valence-electron chi connectivity index (χ4n) is 1.57. The van der Waals surface area contributed by atoms with Gasteiger partial charge >= 0.3 is 0 Å². The van der Waals surface area contributed by atoms with Gasteiger partial charge in [-0.25, -0.2) is 4.98 Å². The summed E-state index contributed by atoms with van der Waals surface area (Å²) in [7, 11) is 0. The van der Waals surface area contributed by atoms with Gasteiger partial charge in [0, 0.05) is 31.2 Å². The van der Waals surface area contributed by atoms with Crippen molar-refractivity contribution in [3.63, 3.8) is 0 Å². The molecular weight excluding hydrogens is 216 g/mol. The maximum Gasteiger partial charge on any atom is 0.252 e. The molecule has 0 aromatic carbocycles. The lowest BCUT2D eigenvalue weighted by Gasteiger charge is -2.07. The Morgan fingerprint density at radius 1 is 1.59 bits per heavy atom. The van der Waals surface area contributed by atoms with Crippen LogP contribution in [0.25, 0.3) is 5.65 Å². The highest BCUT2D eigenvalue weighted by Gasteiger charge is 2.06. The number of aromatic nitrogens is 2. The summed E-state index contributed by atoms with van der Waals surface area (Å²) in [4.78, 5) is 15.9. The Kier molecular flexibility index (Phi) is 3.39. The molecule has 2 aromatic heterocycles. The first-order valence-corrected chi connectivity index (χ1v) is 5.63. The van der Waals surface area contributed by atoms with Crippen LogP contribution in [0.2, 0.25) is 0 Å². The number of nitrogens with zero attached hydrogens (tertiary/aromatic N) is 2. The summed E-state index contributed by atoms with van der Waals surface area (Å²) in [5.74, 6) is -0.0822. The van der Waals surface area contributed by atoms with Gasteiger partial charge in [-0.15, -0.1) is 0 Å². The van der Waals surface area contributed by atoms with E-state index < -0.39 is 0 Å². The third kappa shape index (κ3) is 2.82. The van der Waals surface area contributed by atoms with E-state index in [-0.39, 0.29) is 11.9 Å². The molecule has 1 unspecified atom stereocenters. The molecule has 0 aliphatic heterocycles. The number of nitrogens with one attached hydrogen (secondary N) is 1. The molecule has 0 fully saturated rings. The number of hydrogen-bond donors (Lipinski definition) is 2. The second-order valence-electron chi connectivity index (χ2n) is 4.13. The molecular formula is C12H16N4O. The van der Waals surface area contributed by atoms with Crippen molar-refractivity contribution < 1.29 is 4.79 Å². The van der Waals surface area contributed by atoms with E-state index in [0.717, 1.165) is 12.1 Å². The second-order valence-corrected chi connectivity index (χ2v) is 4.13. The Balaban J connectivity index is 2.03. The van der Waals surface area contributed by atoms with Crippen molar-refractivity contribution in [3.05, 3.63) is 36.3 Å². The predicted molar refractivity (Wildman–Crippen MR) is 65.8 cm³/mol. The number of carbonyl (C=O) groups excluding carboxylic acids is 1. The van der Waals surface area contributed by atoms with Crippen molar-refractivity contribution in [1.82, 2.24) is 14.7 Å². The quantitative estimate of drug-likeness (QED) is 0.819. The summed E-state index contributed by atoms with van der Waals surface area (Å²) in [5.41, 5.74) is 7.07. The predicted octanol–water partition coefficient (Wildman–Crippen LogP) is 0.801. The van der Waals surface area contributed by atoms with Crippen molar-refractivity contribution in [1.29, 1.82) is 0 Å². The van der Waals surface area contributed by atoms with E-state index in [1.807, 2.05) is 23.6 Å². The molecule has 3 N–H and O–H groups in total. The van der Waals surface area contributed by atoms with Crippen molar-refractivity contribution >= 4 is 11.6 Å². The second kappa shape index (κ2) is 4.97. The highest BCUT2D eigenvalue weighted by molar-refractivity contribution is 5.94. The van der Waals surface area contributed by atoms with Gasteiger partial charge in [0.1, 0.15) is 5.65 Å². The summed E-state index contributed by atoms with van der Waals surface area (Å²) in [6, 6.07) is 3.69. The topological polar surface area (TPSA) is 72.4 Å². The monoisotopic (exact) mass is 232 g/mol. The molecule has 0 bridgehead atoms. The summed E-state index contributed by atoms with van der Waals surface area (Å²) < 4.78 is 1.82. The zero-order valence-electron chi connectivity index (χ0n) is 9.76. The van der Waals surface area contributed by atoms with Gasteiger partial charge in [0.05, 0.1) is 5.56 Å². The van der Waals surface area contributed by atoms with Crippen LogP contribution >= 0.6 is 0 Å². The van der Waals surface area contributed by atoms with Gasteiger partial charge in [0.25, 0.3) is 5.91 Å². The van der Waals surface area contributed by atoms with Crippen LogP contribution in [-0.2, 0) is 0 Å². The number of pyridine rings is 1. The molecule has 17 heavy (non-hydrogen) atoms. The lowest BCUT2D eigenvalue weighted by molar-refractivity contribution is 0.0952. The number of hydrogen-bond acceptors (Lipinski definition) is 3. The molecule has 0 radical (unpaired) electrons. The zero-order chi connectivity index (χ0) is 12.3. The Bertz CT molecular complexity index is 518. The number of imidazole rings is 1. The highest BCUT2D eigenvalue weighted by Crippen LogP contribution is 2.04. The molecule has 5 nitrogen and oxygen atoms in total. The van der Waals surface area contributed by atoms with E-state index in [1.165, 1.54) is 0 Å². The number of nitrogens with two attached hydrogens (primary N) is 1. The molecule has 2 rings (SSSR count). The highest BCUT2D eigenvalue weighted by atomic mass is 16.1. The standard InChI is InChI=1S/C12H16N4O/c1-9(13)4-5-15-12(17)10-2-3-11-14-6-7-16(11)8-10/h2-3,6-9H,4-5,13H2,1H3,(H,15,17). The first-order valence-electron chi connectivity index (χ1n) is 5.63. The largest absolute Gasteiger partial charge is 0.352 e. The summed E-state index contributed by atoms with van der Waals surface area (Å²) in [5, 5.41) is 2.83. The molecule has 0 saturated heterocycles. The molecule has 1 atom stereocenters. The summed E-state index contributed by atoms with van der Waals surface area (Å²) in [6.07, 6.45) is 6.06. The van der Waals surface area contributed by atoms with E-state index in [0.29, 0.717) is 12.1 Å². The van der Waals surface area contributed by atoms with Crippen molar-refractivity contribution in [3.8, 4) is 0 Å². The van der Waals surface area contributed by atoms with Gasteiger partial charge in [-0.3, -0.25) is 4.79 Å². The van der Waals surface area contributed by atoms with Gasteiger partial charge in [-0.2, -0.15) is 0 Å². The summed E-state index contributed by atoms with van der Waals surface area (Å²) >= 11 is 0. The van der Waals surface area contributed by atoms with Crippen LogP contribution < -0.4 is 11.1 Å². The minimum absolute atomic E-state index is 0.0822. The van der Waals surface area contributed by atoms with Crippen LogP contribution in [0.4, 0.5) is 0 Å². The molecule has 0 spiro atoms. The van der Waals surface area contributed by atoms with Crippen LogP contribution in [0.1, 0.15) is 23.7 Å². The van der Waals surface area contributed by atoms with Gasteiger partial charge in [-0.1, -0.05) is 0 Å². The average molecular weight is 232 g/mol. The maximum absolute atomic E-state index is 11.8. The third-order valence-electron chi connectivity index (χ3n) is 2.54. The molecule has 0 aliphatic carbocycles. The van der Waals surface area contributed by atoms with Crippen molar-refractivity contribution in [2.24, 2.45) is 5.73 Å². The molecule has 0 saturated carbocycles. The molecule has 0 aliphatic rings. The molecule has 1 amide bonds. The minimum Gasteiger partial charge on any atom is -0.352 e. The Morgan fingerprint density at radius 3 is 3.18 bits per heavy atom.